The summed E-state index contributed by atoms with van der Waals surface area (Å²) in [4.78, 5) is 38.3. The van der Waals surface area contributed by atoms with E-state index in [9.17, 15) is 14.4 Å². The second kappa shape index (κ2) is 8.02. The van der Waals surface area contributed by atoms with E-state index in [0.717, 1.165) is 16.0 Å². The van der Waals surface area contributed by atoms with Crippen LogP contribution in [0.1, 0.15) is 23.6 Å². The first-order chi connectivity index (χ1) is 13.3. The highest BCUT2D eigenvalue weighted by Crippen LogP contribution is 2.28. The summed E-state index contributed by atoms with van der Waals surface area (Å²) in [5.41, 5.74) is 1.60. The van der Waals surface area contributed by atoms with Crippen LogP contribution in [-0.4, -0.2) is 35.8 Å². The van der Waals surface area contributed by atoms with E-state index in [1.54, 1.807) is 19.1 Å². The lowest BCUT2D eigenvalue weighted by molar-refractivity contribution is -0.134. The minimum Gasteiger partial charge on any atom is -0.354 e. The van der Waals surface area contributed by atoms with Gasteiger partial charge >= 0.3 is 6.03 Å². The molecule has 0 radical (unpaired) electrons. The molecule has 146 valence electrons. The third-order valence-corrected chi connectivity index (χ3v) is 5.11. The second-order valence-corrected chi connectivity index (χ2v) is 7.48. The third kappa shape index (κ3) is 4.17. The Morgan fingerprint density at radius 2 is 1.75 bits per heavy atom. The maximum absolute atomic E-state index is 12.8. The topological polar surface area (TPSA) is 78.5 Å². The van der Waals surface area contributed by atoms with Crippen molar-refractivity contribution >= 4 is 29.4 Å². The molecule has 1 aliphatic heterocycles. The summed E-state index contributed by atoms with van der Waals surface area (Å²) in [5, 5.41) is 6.10. The SMILES string of the molecule is Cc1ccc([C@@]2(C)NC(=O)N(CC(=O)NCCc3ccc(Cl)cc3)C2=O)cc1. The summed E-state index contributed by atoms with van der Waals surface area (Å²) >= 11 is 5.85. The van der Waals surface area contributed by atoms with Gasteiger partial charge in [0, 0.05) is 11.6 Å². The van der Waals surface area contributed by atoms with Crippen LogP contribution in [0.15, 0.2) is 48.5 Å². The maximum Gasteiger partial charge on any atom is 0.325 e. The number of nitrogens with zero attached hydrogens (tertiary/aromatic N) is 1. The first kappa shape index (κ1) is 19.9. The van der Waals surface area contributed by atoms with Crippen molar-refractivity contribution in [3.8, 4) is 0 Å². The molecular formula is C21H22ClN3O3. The summed E-state index contributed by atoms with van der Waals surface area (Å²) < 4.78 is 0. The average molecular weight is 400 g/mol. The fourth-order valence-corrected chi connectivity index (χ4v) is 3.25. The fraction of sp³-hybridized carbons (Fsp3) is 0.286. The van der Waals surface area contributed by atoms with E-state index in [0.29, 0.717) is 23.6 Å². The van der Waals surface area contributed by atoms with Gasteiger partial charge in [0.05, 0.1) is 0 Å². The number of halogens is 1. The number of imide groups is 1. The summed E-state index contributed by atoms with van der Waals surface area (Å²) in [5.74, 6) is -0.820. The number of benzene rings is 2. The molecule has 1 fully saturated rings. The van der Waals surface area contributed by atoms with Crippen molar-refractivity contribution in [2.45, 2.75) is 25.8 Å². The zero-order valence-electron chi connectivity index (χ0n) is 15.8. The van der Waals surface area contributed by atoms with Crippen molar-refractivity contribution in [3.63, 3.8) is 0 Å². The predicted octanol–water partition coefficient (Wildman–Crippen LogP) is 2.77. The van der Waals surface area contributed by atoms with Crippen molar-refractivity contribution in [3.05, 3.63) is 70.2 Å². The van der Waals surface area contributed by atoms with Crippen molar-refractivity contribution < 1.29 is 14.4 Å². The smallest absolute Gasteiger partial charge is 0.325 e. The number of carbonyl (C=O) groups excluding carboxylic acids is 3. The van der Waals surface area contributed by atoms with Gasteiger partial charge in [-0.05, 0) is 43.5 Å². The molecule has 1 saturated heterocycles. The number of urea groups is 1. The molecule has 2 aromatic rings. The lowest BCUT2D eigenvalue weighted by Crippen LogP contribution is -2.43. The van der Waals surface area contributed by atoms with Gasteiger partial charge in [0.25, 0.3) is 5.91 Å². The molecule has 0 spiro atoms. The van der Waals surface area contributed by atoms with E-state index in [-0.39, 0.29) is 12.5 Å². The minimum absolute atomic E-state index is 0.313. The normalized spacial score (nSPS) is 18.9. The Hall–Kier alpha value is -2.86. The van der Waals surface area contributed by atoms with Crippen molar-refractivity contribution in [1.29, 1.82) is 0 Å². The van der Waals surface area contributed by atoms with Crippen molar-refractivity contribution in [1.82, 2.24) is 15.5 Å². The molecular weight excluding hydrogens is 378 g/mol. The number of aryl methyl sites for hydroxylation is 1. The zero-order valence-corrected chi connectivity index (χ0v) is 16.5. The molecule has 1 aliphatic rings. The Morgan fingerprint density at radius 1 is 1.11 bits per heavy atom. The predicted molar refractivity (Wildman–Crippen MR) is 107 cm³/mol. The van der Waals surface area contributed by atoms with Crippen LogP contribution in [0.5, 0.6) is 0 Å². The Labute approximate surface area is 168 Å². The monoisotopic (exact) mass is 399 g/mol. The molecule has 0 unspecified atom stereocenters. The number of hydrogen-bond acceptors (Lipinski definition) is 3. The van der Waals surface area contributed by atoms with Gasteiger partial charge in [-0.3, -0.25) is 14.5 Å². The molecule has 7 heteroatoms. The van der Waals surface area contributed by atoms with E-state index < -0.39 is 17.5 Å². The molecule has 1 heterocycles. The lowest BCUT2D eigenvalue weighted by atomic mass is 9.91. The summed E-state index contributed by atoms with van der Waals surface area (Å²) in [7, 11) is 0. The van der Waals surface area contributed by atoms with Gasteiger partial charge in [0.15, 0.2) is 0 Å². The number of rotatable bonds is 6. The largest absolute Gasteiger partial charge is 0.354 e. The number of amides is 4. The fourth-order valence-electron chi connectivity index (χ4n) is 3.12. The van der Waals surface area contributed by atoms with Crippen molar-refractivity contribution in [2.24, 2.45) is 0 Å². The summed E-state index contributed by atoms with van der Waals surface area (Å²) in [6, 6.07) is 14.2. The number of nitrogens with one attached hydrogen (secondary N) is 2. The highest BCUT2D eigenvalue weighted by Gasteiger charge is 2.49. The molecule has 0 aliphatic carbocycles. The molecule has 6 nitrogen and oxygen atoms in total. The third-order valence-electron chi connectivity index (χ3n) is 4.85. The van der Waals surface area contributed by atoms with Gasteiger partial charge < -0.3 is 10.6 Å². The molecule has 2 N–H and O–H groups in total. The summed E-state index contributed by atoms with van der Waals surface area (Å²) in [6.07, 6.45) is 0.629. The van der Waals surface area contributed by atoms with Crippen LogP contribution in [0.3, 0.4) is 0 Å². The number of hydrogen-bond donors (Lipinski definition) is 2. The quantitative estimate of drug-likeness (QED) is 0.733. The first-order valence-corrected chi connectivity index (χ1v) is 9.40. The molecule has 4 amide bonds. The Balaban J connectivity index is 1.58. The van der Waals surface area contributed by atoms with Crippen LogP contribution in [-0.2, 0) is 21.5 Å². The average Bonchev–Trinajstić information content (AvgIpc) is 2.88. The standard InChI is InChI=1S/C21H22ClN3O3/c1-14-3-7-16(8-4-14)21(2)19(27)25(20(28)24-21)13-18(26)23-12-11-15-5-9-17(22)10-6-15/h3-10H,11-13H2,1-2H3,(H,23,26)(H,24,28)/t21-/m1/s1. The van der Waals surface area contributed by atoms with Crippen LogP contribution >= 0.6 is 11.6 Å². The molecule has 0 aromatic heterocycles. The van der Waals surface area contributed by atoms with Gasteiger partial charge in [0.1, 0.15) is 12.1 Å². The molecule has 28 heavy (non-hydrogen) atoms. The van der Waals surface area contributed by atoms with Gasteiger partial charge in [-0.2, -0.15) is 0 Å². The molecule has 3 rings (SSSR count). The maximum atomic E-state index is 12.8. The van der Waals surface area contributed by atoms with E-state index in [4.69, 9.17) is 11.6 Å². The summed E-state index contributed by atoms with van der Waals surface area (Å²) in [6.45, 7) is 3.68. The second-order valence-electron chi connectivity index (χ2n) is 7.04. The van der Waals surface area contributed by atoms with E-state index in [1.807, 2.05) is 43.3 Å². The van der Waals surface area contributed by atoms with Crippen LogP contribution in [0.4, 0.5) is 4.79 Å². The van der Waals surface area contributed by atoms with Crippen LogP contribution in [0.25, 0.3) is 0 Å². The van der Waals surface area contributed by atoms with Gasteiger partial charge in [-0.1, -0.05) is 53.6 Å². The molecule has 1 atom stereocenters. The Kier molecular flexibility index (Phi) is 5.70. The first-order valence-electron chi connectivity index (χ1n) is 9.02. The van der Waals surface area contributed by atoms with E-state index in [1.165, 1.54) is 0 Å². The van der Waals surface area contributed by atoms with Gasteiger partial charge in [-0.15, -0.1) is 0 Å². The lowest BCUT2D eigenvalue weighted by Gasteiger charge is -2.22. The van der Waals surface area contributed by atoms with Crippen molar-refractivity contribution in [2.75, 3.05) is 13.1 Å². The number of carbonyl (C=O) groups is 3. The van der Waals surface area contributed by atoms with E-state index >= 15 is 0 Å². The molecule has 0 bridgehead atoms. The molecule has 2 aromatic carbocycles. The van der Waals surface area contributed by atoms with Crippen LogP contribution in [0.2, 0.25) is 5.02 Å². The van der Waals surface area contributed by atoms with Crippen LogP contribution in [0, 0.1) is 6.92 Å². The van der Waals surface area contributed by atoms with Gasteiger partial charge in [-0.25, -0.2) is 4.79 Å². The van der Waals surface area contributed by atoms with Gasteiger partial charge in [0.2, 0.25) is 5.91 Å². The minimum atomic E-state index is -1.17. The van der Waals surface area contributed by atoms with Crippen LogP contribution < -0.4 is 10.6 Å². The highest BCUT2D eigenvalue weighted by atomic mass is 35.5. The van der Waals surface area contributed by atoms with E-state index in [2.05, 4.69) is 10.6 Å². The Bertz CT molecular complexity index is 896. The zero-order chi connectivity index (χ0) is 20.3. The molecule has 0 saturated carbocycles. The highest BCUT2D eigenvalue weighted by molar-refractivity contribution is 6.30. The Morgan fingerprint density at radius 3 is 2.39 bits per heavy atom.